The first kappa shape index (κ1) is 15.2. The molecule has 0 unspecified atom stereocenters. The Morgan fingerprint density at radius 1 is 1.09 bits per heavy atom. The Labute approximate surface area is 137 Å². The molecule has 1 heterocycles. The van der Waals surface area contributed by atoms with Crippen LogP contribution in [0.15, 0.2) is 65.8 Å². The summed E-state index contributed by atoms with van der Waals surface area (Å²) in [7, 11) is 0. The van der Waals surface area contributed by atoms with Crippen molar-refractivity contribution < 1.29 is 4.79 Å². The highest BCUT2D eigenvalue weighted by atomic mass is 32.2. The number of amides is 1. The van der Waals surface area contributed by atoms with Crippen LogP contribution in [-0.2, 0) is 11.3 Å². The van der Waals surface area contributed by atoms with Gasteiger partial charge in [-0.2, -0.15) is 5.21 Å². The number of carbonyl (C=O) groups is 1. The number of tetrazole rings is 1. The van der Waals surface area contributed by atoms with Gasteiger partial charge in [0.2, 0.25) is 11.1 Å². The van der Waals surface area contributed by atoms with E-state index in [2.05, 4.69) is 25.9 Å². The Hall–Kier alpha value is -2.67. The standard InChI is InChI=1S/C16H15N5OS/c22-15(17-11-12-7-3-1-4-8-12)14(13-9-5-2-6-10-13)23-16-18-20-21-19-16/h1-10,14H,11H2,(H,17,22)(H,18,19,20,21)/t14-/m0/s1. The van der Waals surface area contributed by atoms with E-state index in [1.807, 2.05) is 60.7 Å². The van der Waals surface area contributed by atoms with E-state index in [0.29, 0.717) is 11.7 Å². The summed E-state index contributed by atoms with van der Waals surface area (Å²) in [5, 5.41) is 16.7. The van der Waals surface area contributed by atoms with Gasteiger partial charge in [0.1, 0.15) is 5.25 Å². The average Bonchev–Trinajstić information content (AvgIpc) is 3.12. The molecule has 0 bridgehead atoms. The molecule has 7 heteroatoms. The monoisotopic (exact) mass is 325 g/mol. The highest BCUT2D eigenvalue weighted by Crippen LogP contribution is 2.32. The molecule has 23 heavy (non-hydrogen) atoms. The van der Waals surface area contributed by atoms with Crippen molar-refractivity contribution in [3.8, 4) is 0 Å². The first-order valence-corrected chi connectivity index (χ1v) is 7.97. The number of nitrogens with zero attached hydrogens (tertiary/aromatic N) is 3. The van der Waals surface area contributed by atoms with Gasteiger partial charge in [-0.25, -0.2) is 0 Å². The van der Waals surface area contributed by atoms with Gasteiger partial charge >= 0.3 is 0 Å². The topological polar surface area (TPSA) is 83.6 Å². The lowest BCUT2D eigenvalue weighted by Gasteiger charge is -2.15. The summed E-state index contributed by atoms with van der Waals surface area (Å²) in [6.07, 6.45) is 0. The van der Waals surface area contributed by atoms with Crippen molar-refractivity contribution in [1.82, 2.24) is 25.9 Å². The summed E-state index contributed by atoms with van der Waals surface area (Å²) in [4.78, 5) is 12.6. The van der Waals surface area contributed by atoms with Crippen LogP contribution in [0.2, 0.25) is 0 Å². The number of hydrogen-bond donors (Lipinski definition) is 2. The van der Waals surface area contributed by atoms with Crippen LogP contribution in [0, 0.1) is 0 Å². The molecule has 0 aliphatic rings. The van der Waals surface area contributed by atoms with Gasteiger partial charge in [0.05, 0.1) is 0 Å². The lowest BCUT2D eigenvalue weighted by atomic mass is 10.1. The van der Waals surface area contributed by atoms with Crippen LogP contribution >= 0.6 is 11.8 Å². The maximum atomic E-state index is 12.6. The molecule has 3 aromatic rings. The number of rotatable bonds is 6. The molecule has 0 spiro atoms. The molecule has 3 rings (SSSR count). The van der Waals surface area contributed by atoms with Crippen LogP contribution in [0.25, 0.3) is 0 Å². The third kappa shape index (κ3) is 4.17. The molecule has 0 saturated heterocycles. The van der Waals surface area contributed by atoms with Crippen molar-refractivity contribution in [2.45, 2.75) is 17.0 Å². The van der Waals surface area contributed by atoms with E-state index in [1.165, 1.54) is 11.8 Å². The third-order valence-electron chi connectivity index (χ3n) is 3.20. The minimum atomic E-state index is -0.433. The van der Waals surface area contributed by atoms with Crippen molar-refractivity contribution in [3.63, 3.8) is 0 Å². The minimum absolute atomic E-state index is 0.0881. The van der Waals surface area contributed by atoms with Crippen LogP contribution in [-0.4, -0.2) is 26.5 Å². The second kappa shape index (κ2) is 7.55. The van der Waals surface area contributed by atoms with Crippen molar-refractivity contribution in [1.29, 1.82) is 0 Å². The normalized spacial score (nSPS) is 11.8. The average molecular weight is 325 g/mol. The Morgan fingerprint density at radius 3 is 2.43 bits per heavy atom. The lowest BCUT2D eigenvalue weighted by Crippen LogP contribution is -2.27. The Balaban J connectivity index is 1.73. The van der Waals surface area contributed by atoms with Crippen molar-refractivity contribution in [2.75, 3.05) is 0 Å². The zero-order valence-corrected chi connectivity index (χ0v) is 13.0. The molecule has 2 N–H and O–H groups in total. The summed E-state index contributed by atoms with van der Waals surface area (Å²) in [6, 6.07) is 19.4. The molecule has 2 aromatic carbocycles. The van der Waals surface area contributed by atoms with Gasteiger partial charge in [0, 0.05) is 6.54 Å². The van der Waals surface area contributed by atoms with Crippen molar-refractivity contribution in [3.05, 3.63) is 71.8 Å². The molecule has 116 valence electrons. The second-order valence-electron chi connectivity index (χ2n) is 4.81. The summed E-state index contributed by atoms with van der Waals surface area (Å²) in [5.74, 6) is -0.0881. The first-order valence-electron chi connectivity index (χ1n) is 7.09. The van der Waals surface area contributed by atoms with Crippen LogP contribution in [0.3, 0.4) is 0 Å². The zero-order chi connectivity index (χ0) is 15.9. The van der Waals surface area contributed by atoms with E-state index in [0.717, 1.165) is 11.1 Å². The Bertz CT molecular complexity index is 734. The molecule has 0 fully saturated rings. The number of nitrogens with one attached hydrogen (secondary N) is 2. The van der Waals surface area contributed by atoms with Crippen molar-refractivity contribution >= 4 is 17.7 Å². The fourth-order valence-corrected chi connectivity index (χ4v) is 2.96. The molecule has 1 atom stereocenters. The number of benzene rings is 2. The molecular weight excluding hydrogens is 310 g/mol. The number of H-pyrrole nitrogens is 1. The van der Waals surface area contributed by atoms with Crippen LogP contribution in [0.4, 0.5) is 0 Å². The van der Waals surface area contributed by atoms with E-state index >= 15 is 0 Å². The zero-order valence-electron chi connectivity index (χ0n) is 12.2. The van der Waals surface area contributed by atoms with Gasteiger partial charge in [-0.1, -0.05) is 72.4 Å². The number of aromatic amines is 1. The molecule has 0 aliphatic carbocycles. The summed E-state index contributed by atoms with van der Waals surface area (Å²) in [6.45, 7) is 0.482. The molecule has 0 radical (unpaired) electrons. The smallest absolute Gasteiger partial charge is 0.238 e. The SMILES string of the molecule is O=C(NCc1ccccc1)[C@@H](Sc1nn[nH]n1)c1ccccc1. The quantitative estimate of drug-likeness (QED) is 0.680. The van der Waals surface area contributed by atoms with Crippen LogP contribution in [0.5, 0.6) is 0 Å². The van der Waals surface area contributed by atoms with Gasteiger partial charge in [-0.15, -0.1) is 10.2 Å². The van der Waals surface area contributed by atoms with Gasteiger partial charge in [0.15, 0.2) is 0 Å². The maximum absolute atomic E-state index is 12.6. The fraction of sp³-hybridized carbons (Fsp3) is 0.125. The number of aromatic nitrogens is 4. The predicted molar refractivity (Wildman–Crippen MR) is 87.5 cm³/mol. The van der Waals surface area contributed by atoms with E-state index in [1.54, 1.807) is 0 Å². The summed E-state index contributed by atoms with van der Waals surface area (Å²) < 4.78 is 0. The highest BCUT2D eigenvalue weighted by molar-refractivity contribution is 8.00. The molecule has 6 nitrogen and oxygen atoms in total. The number of thioether (sulfide) groups is 1. The molecule has 0 saturated carbocycles. The third-order valence-corrected chi connectivity index (χ3v) is 4.30. The molecule has 1 amide bonds. The van der Waals surface area contributed by atoms with E-state index in [9.17, 15) is 4.79 Å². The molecule has 1 aromatic heterocycles. The second-order valence-corrected chi connectivity index (χ2v) is 5.88. The number of hydrogen-bond acceptors (Lipinski definition) is 5. The predicted octanol–water partition coefficient (Wildman–Crippen LogP) is 2.35. The van der Waals surface area contributed by atoms with Gasteiger partial charge < -0.3 is 5.32 Å². The van der Waals surface area contributed by atoms with Crippen molar-refractivity contribution in [2.24, 2.45) is 0 Å². The Morgan fingerprint density at radius 2 is 1.78 bits per heavy atom. The molecule has 0 aliphatic heterocycles. The van der Waals surface area contributed by atoms with Gasteiger partial charge in [-0.3, -0.25) is 4.79 Å². The van der Waals surface area contributed by atoms with E-state index in [-0.39, 0.29) is 5.91 Å². The maximum Gasteiger partial charge on any atom is 0.238 e. The lowest BCUT2D eigenvalue weighted by molar-refractivity contribution is -0.120. The summed E-state index contributed by atoms with van der Waals surface area (Å²) in [5.41, 5.74) is 1.95. The first-order chi connectivity index (χ1) is 11.3. The summed E-state index contributed by atoms with van der Waals surface area (Å²) >= 11 is 1.26. The van der Waals surface area contributed by atoms with E-state index in [4.69, 9.17) is 0 Å². The van der Waals surface area contributed by atoms with E-state index < -0.39 is 5.25 Å². The molecular formula is C16H15N5OS. The minimum Gasteiger partial charge on any atom is -0.351 e. The number of carbonyl (C=O) groups excluding carboxylic acids is 1. The van der Waals surface area contributed by atoms with Gasteiger partial charge in [-0.05, 0) is 16.3 Å². The Kier molecular flexibility index (Phi) is 5.00. The van der Waals surface area contributed by atoms with Gasteiger partial charge in [0.25, 0.3) is 0 Å². The van der Waals surface area contributed by atoms with Crippen LogP contribution in [0.1, 0.15) is 16.4 Å². The fourth-order valence-electron chi connectivity index (χ4n) is 2.09. The largest absolute Gasteiger partial charge is 0.351 e. The highest BCUT2D eigenvalue weighted by Gasteiger charge is 2.23. The van der Waals surface area contributed by atoms with Crippen LogP contribution < -0.4 is 5.32 Å².